The fourth-order valence-electron chi connectivity index (χ4n) is 6.49. The van der Waals surface area contributed by atoms with E-state index in [1.54, 1.807) is 0 Å². The quantitative estimate of drug-likeness (QED) is 0.171. The van der Waals surface area contributed by atoms with Crippen LogP contribution in [0.5, 0.6) is 0 Å². The third-order valence-electron chi connectivity index (χ3n) is 8.95. The zero-order valence-electron chi connectivity index (χ0n) is 27.5. The van der Waals surface area contributed by atoms with Gasteiger partial charge in [0.15, 0.2) is 17.5 Å². The first kappa shape index (κ1) is 30.0. The Morgan fingerprint density at radius 1 is 0.333 bits per heavy atom. The second-order valence-corrected chi connectivity index (χ2v) is 12.3. The maximum atomic E-state index is 5.13. The van der Waals surface area contributed by atoms with E-state index in [0.29, 0.717) is 17.5 Å². The molecule has 0 unspecified atom stereocenters. The van der Waals surface area contributed by atoms with Gasteiger partial charge in [0.1, 0.15) is 5.65 Å². The number of rotatable bonds is 7. The summed E-state index contributed by atoms with van der Waals surface area (Å²) in [5.74, 6) is 1.85. The Hall–Kier alpha value is -7.05. The van der Waals surface area contributed by atoms with E-state index in [0.717, 1.165) is 67.1 Å². The summed E-state index contributed by atoms with van der Waals surface area (Å²) < 4.78 is 2.16. The molecule has 0 atom stereocenters. The summed E-state index contributed by atoms with van der Waals surface area (Å²) >= 11 is 0. The number of fused-ring (bicyclic) bond motifs is 1. The number of aromatic nitrogens is 6. The molecule has 0 bridgehead atoms. The average Bonchev–Trinajstić information content (AvgIpc) is 3.62. The Bertz CT molecular complexity index is 2560. The molecule has 0 aliphatic carbocycles. The molecule has 0 N–H and O–H groups in total. The molecule has 6 nitrogen and oxygen atoms in total. The minimum atomic E-state index is 0.600. The van der Waals surface area contributed by atoms with Crippen molar-refractivity contribution in [1.82, 2.24) is 29.3 Å². The van der Waals surface area contributed by atoms with Crippen LogP contribution in [0.2, 0.25) is 0 Å². The molecule has 0 aliphatic rings. The van der Waals surface area contributed by atoms with Crippen LogP contribution in [0.25, 0.3) is 84.6 Å². The zero-order valence-corrected chi connectivity index (χ0v) is 27.5. The third kappa shape index (κ3) is 5.96. The number of hydrogen-bond acceptors (Lipinski definition) is 5. The van der Waals surface area contributed by atoms with Gasteiger partial charge in [-0.3, -0.25) is 9.38 Å². The molecule has 0 saturated carbocycles. The molecule has 240 valence electrons. The molecule has 5 aromatic carbocycles. The summed E-state index contributed by atoms with van der Waals surface area (Å²) in [7, 11) is 0. The van der Waals surface area contributed by atoms with Gasteiger partial charge in [0.05, 0.1) is 11.4 Å². The Morgan fingerprint density at radius 2 is 0.824 bits per heavy atom. The van der Waals surface area contributed by atoms with Crippen LogP contribution in [0.4, 0.5) is 0 Å². The minimum Gasteiger partial charge on any atom is -0.299 e. The molecule has 0 amide bonds. The molecule has 0 radical (unpaired) electrons. The van der Waals surface area contributed by atoms with Crippen molar-refractivity contribution in [3.63, 3.8) is 0 Å². The maximum Gasteiger partial charge on any atom is 0.164 e. The van der Waals surface area contributed by atoms with Crippen molar-refractivity contribution in [3.8, 4) is 78.9 Å². The molecular formula is C45H30N6. The lowest BCUT2D eigenvalue weighted by Gasteiger charge is -2.13. The maximum absolute atomic E-state index is 5.13. The topological polar surface area (TPSA) is 68.9 Å². The van der Waals surface area contributed by atoms with Gasteiger partial charge in [-0.15, -0.1) is 0 Å². The van der Waals surface area contributed by atoms with E-state index < -0.39 is 0 Å². The summed E-state index contributed by atoms with van der Waals surface area (Å²) in [5, 5.41) is 0. The van der Waals surface area contributed by atoms with Gasteiger partial charge < -0.3 is 0 Å². The number of nitrogens with zero attached hydrogens (tertiary/aromatic N) is 6. The molecule has 0 saturated heterocycles. The fourth-order valence-corrected chi connectivity index (χ4v) is 6.49. The number of hydrogen-bond donors (Lipinski definition) is 0. The SMILES string of the molecule is c1ccc(-c2nc(-c3ccccc3)nc(-c3cc(-c4ccncc4)cc(-c4cccc(-c5nc6ccccn6c5-c5ccccc5)c4)c3)n2)cc1. The van der Waals surface area contributed by atoms with E-state index in [1.165, 1.54) is 0 Å². The Kier molecular flexibility index (Phi) is 7.72. The number of imidazole rings is 1. The van der Waals surface area contributed by atoms with Crippen molar-refractivity contribution < 1.29 is 0 Å². The van der Waals surface area contributed by atoms with E-state index in [2.05, 4.69) is 82.3 Å². The zero-order chi connectivity index (χ0) is 34.0. The van der Waals surface area contributed by atoms with Crippen LogP contribution in [0.3, 0.4) is 0 Å². The number of benzene rings is 5. The highest BCUT2D eigenvalue weighted by atomic mass is 15.0. The van der Waals surface area contributed by atoms with Crippen molar-refractivity contribution in [2.24, 2.45) is 0 Å². The van der Waals surface area contributed by atoms with E-state index in [1.807, 2.05) is 109 Å². The predicted octanol–water partition coefficient (Wildman–Crippen LogP) is 10.6. The lowest BCUT2D eigenvalue weighted by molar-refractivity contribution is 1.07. The van der Waals surface area contributed by atoms with Crippen molar-refractivity contribution in [1.29, 1.82) is 0 Å². The van der Waals surface area contributed by atoms with Crippen LogP contribution in [-0.2, 0) is 0 Å². The van der Waals surface area contributed by atoms with Crippen LogP contribution in [-0.4, -0.2) is 29.3 Å². The molecule has 0 fully saturated rings. The fraction of sp³-hybridized carbons (Fsp3) is 0. The van der Waals surface area contributed by atoms with Gasteiger partial charge in [-0.1, -0.05) is 115 Å². The van der Waals surface area contributed by atoms with E-state index in [-0.39, 0.29) is 0 Å². The summed E-state index contributed by atoms with van der Waals surface area (Å²) in [5.41, 5.74) is 12.0. The van der Waals surface area contributed by atoms with Crippen molar-refractivity contribution in [3.05, 3.63) is 182 Å². The average molecular weight is 655 g/mol. The second kappa shape index (κ2) is 13.1. The third-order valence-corrected chi connectivity index (χ3v) is 8.95. The Labute approximate surface area is 295 Å². The molecule has 0 spiro atoms. The van der Waals surface area contributed by atoms with Crippen LogP contribution in [0.1, 0.15) is 0 Å². The highest BCUT2D eigenvalue weighted by Crippen LogP contribution is 2.37. The van der Waals surface area contributed by atoms with Crippen LogP contribution in [0.15, 0.2) is 182 Å². The van der Waals surface area contributed by atoms with Gasteiger partial charge in [-0.05, 0) is 70.8 Å². The van der Waals surface area contributed by atoms with Crippen LogP contribution in [0, 0.1) is 0 Å². The normalized spacial score (nSPS) is 11.1. The van der Waals surface area contributed by atoms with Gasteiger partial charge >= 0.3 is 0 Å². The summed E-state index contributed by atoms with van der Waals surface area (Å²) in [6, 6.07) is 55.9. The van der Waals surface area contributed by atoms with Crippen molar-refractivity contribution in [2.75, 3.05) is 0 Å². The van der Waals surface area contributed by atoms with Gasteiger partial charge in [0.2, 0.25) is 0 Å². The van der Waals surface area contributed by atoms with E-state index >= 15 is 0 Å². The molecular weight excluding hydrogens is 625 g/mol. The van der Waals surface area contributed by atoms with Crippen LogP contribution >= 0.6 is 0 Å². The lowest BCUT2D eigenvalue weighted by atomic mass is 9.94. The smallest absolute Gasteiger partial charge is 0.164 e. The molecule has 0 aliphatic heterocycles. The standard InChI is InChI=1S/C45H30N6/c1-4-13-32(14-5-1)42-41(47-40-21-10-11-26-51(40)42)36-20-12-19-35(27-36)38-28-37(31-22-24-46-25-23-31)29-39(30-38)45-49-43(33-15-6-2-7-16-33)48-44(50-45)34-17-8-3-9-18-34/h1-30H. The summed E-state index contributed by atoms with van der Waals surface area (Å²) in [6.07, 6.45) is 5.71. The van der Waals surface area contributed by atoms with Crippen molar-refractivity contribution in [2.45, 2.75) is 0 Å². The molecule has 51 heavy (non-hydrogen) atoms. The van der Waals surface area contributed by atoms with Gasteiger partial charge in [0, 0.05) is 46.4 Å². The molecule has 4 aromatic heterocycles. The molecule has 6 heteroatoms. The van der Waals surface area contributed by atoms with Gasteiger partial charge in [0.25, 0.3) is 0 Å². The van der Waals surface area contributed by atoms with Gasteiger partial charge in [-0.25, -0.2) is 19.9 Å². The highest BCUT2D eigenvalue weighted by molar-refractivity contribution is 5.86. The molecule has 9 aromatic rings. The second-order valence-electron chi connectivity index (χ2n) is 12.3. The van der Waals surface area contributed by atoms with E-state index in [4.69, 9.17) is 19.9 Å². The predicted molar refractivity (Wildman–Crippen MR) is 204 cm³/mol. The van der Waals surface area contributed by atoms with Crippen LogP contribution < -0.4 is 0 Å². The first-order valence-electron chi connectivity index (χ1n) is 16.8. The Morgan fingerprint density at radius 3 is 1.47 bits per heavy atom. The van der Waals surface area contributed by atoms with Crippen molar-refractivity contribution >= 4 is 5.65 Å². The first-order chi connectivity index (χ1) is 25.3. The molecule has 4 heterocycles. The highest BCUT2D eigenvalue weighted by Gasteiger charge is 2.18. The molecule has 9 rings (SSSR count). The van der Waals surface area contributed by atoms with E-state index in [9.17, 15) is 0 Å². The Balaban J connectivity index is 1.23. The summed E-state index contributed by atoms with van der Waals surface area (Å²) in [4.78, 5) is 24.4. The lowest BCUT2D eigenvalue weighted by Crippen LogP contribution is -2.00. The monoisotopic (exact) mass is 654 g/mol. The minimum absolute atomic E-state index is 0.600. The first-order valence-corrected chi connectivity index (χ1v) is 16.8. The summed E-state index contributed by atoms with van der Waals surface area (Å²) in [6.45, 7) is 0. The van der Waals surface area contributed by atoms with Gasteiger partial charge in [-0.2, -0.15) is 0 Å². The number of pyridine rings is 2. The largest absolute Gasteiger partial charge is 0.299 e.